The van der Waals surface area contributed by atoms with Gasteiger partial charge in [-0.1, -0.05) is 121 Å². The number of benzene rings is 3. The van der Waals surface area contributed by atoms with Crippen LogP contribution in [0.5, 0.6) is 11.5 Å². The first kappa shape index (κ1) is 53.5. The van der Waals surface area contributed by atoms with Crippen molar-refractivity contribution in [3.8, 4) is 11.5 Å². The number of aliphatic hydroxyl groups is 2. The number of nitrogen functional groups attached to an aromatic ring is 2. The maximum Gasteiger partial charge on any atom is 0.184 e. The van der Waals surface area contributed by atoms with Gasteiger partial charge >= 0.3 is 0 Å². The Morgan fingerprint density at radius 2 is 0.970 bits per heavy atom. The molecule has 3 aromatic rings. The van der Waals surface area contributed by atoms with Gasteiger partial charge in [0.05, 0.1) is 31.3 Å². The third kappa shape index (κ3) is 19.2. The second kappa shape index (κ2) is 30.1. The highest BCUT2D eigenvalue weighted by molar-refractivity contribution is 6.01. The van der Waals surface area contributed by atoms with Gasteiger partial charge in [0.1, 0.15) is 23.7 Å². The molecule has 2 fully saturated rings. The molecule has 0 heterocycles. The van der Waals surface area contributed by atoms with Gasteiger partial charge in [-0.05, 0) is 141 Å². The Morgan fingerprint density at radius 1 is 0.567 bits per heavy atom. The van der Waals surface area contributed by atoms with Crippen LogP contribution in [0.1, 0.15) is 165 Å². The molecule has 0 aliphatic heterocycles. The standard InChI is InChI=1S/C57H82N2O8/c1-3-5-7-9-11-13-37-64-47-30-19-44(20-31-47)40-66-49-26-15-42(16-27-49)23-35-53(60)56(62)55(51-34-25-46(58)39-52(51)59)57(63)54(61)36-24-43-17-28-50(29-18-43)67-41-45-21-32-48(33-22-45)65-38-14-12-10-8-6-4-2/h15-18,23-29,34-36,39,44-45,47-48,55-57,62-63H,3-14,19-22,30-33,37-38,40-41,58-59H2,1-2H3/b35-23+,36-24+. The van der Waals surface area contributed by atoms with Crippen LogP contribution in [0.2, 0.25) is 0 Å². The molecule has 3 aromatic carbocycles. The highest BCUT2D eigenvalue weighted by Crippen LogP contribution is 2.33. The summed E-state index contributed by atoms with van der Waals surface area (Å²) >= 11 is 0. The van der Waals surface area contributed by atoms with E-state index >= 15 is 0 Å². The topological polar surface area (TPSA) is 164 Å². The Labute approximate surface area is 401 Å². The van der Waals surface area contributed by atoms with Crippen molar-refractivity contribution in [3.63, 3.8) is 0 Å². The second-order valence-corrected chi connectivity index (χ2v) is 19.1. The van der Waals surface area contributed by atoms with Crippen LogP contribution in [0.25, 0.3) is 12.2 Å². The first-order valence-electron chi connectivity index (χ1n) is 25.8. The summed E-state index contributed by atoms with van der Waals surface area (Å²) in [4.78, 5) is 27.0. The molecule has 2 aliphatic rings. The van der Waals surface area contributed by atoms with E-state index in [1.165, 1.54) is 88.5 Å². The highest BCUT2D eigenvalue weighted by atomic mass is 16.5. The van der Waals surface area contributed by atoms with Crippen LogP contribution in [0.3, 0.4) is 0 Å². The summed E-state index contributed by atoms with van der Waals surface area (Å²) in [7, 11) is 0. The number of aliphatic hydroxyl groups excluding tert-OH is 2. The summed E-state index contributed by atoms with van der Waals surface area (Å²) in [6.07, 6.45) is 26.8. The fourth-order valence-corrected chi connectivity index (χ4v) is 9.29. The van der Waals surface area contributed by atoms with E-state index in [1.807, 2.05) is 48.5 Å². The predicted octanol–water partition coefficient (Wildman–Crippen LogP) is 11.9. The van der Waals surface area contributed by atoms with Gasteiger partial charge in [0.25, 0.3) is 0 Å². The molecule has 2 aliphatic carbocycles. The Morgan fingerprint density at radius 3 is 1.37 bits per heavy atom. The molecule has 0 bridgehead atoms. The molecule has 0 amide bonds. The number of carbonyl (C=O) groups is 2. The lowest BCUT2D eigenvalue weighted by Crippen LogP contribution is -2.39. The monoisotopic (exact) mass is 923 g/mol. The minimum Gasteiger partial charge on any atom is -0.493 e. The normalized spacial score (nSPS) is 20.2. The highest BCUT2D eigenvalue weighted by Gasteiger charge is 2.37. The van der Waals surface area contributed by atoms with Gasteiger partial charge in [0.2, 0.25) is 0 Å². The first-order chi connectivity index (χ1) is 32.6. The number of ketones is 2. The van der Waals surface area contributed by atoms with Crippen molar-refractivity contribution < 1.29 is 38.7 Å². The summed E-state index contributed by atoms with van der Waals surface area (Å²) in [5.74, 6) is -0.262. The Bertz CT molecular complexity index is 1800. The molecule has 5 rings (SSSR count). The molecular formula is C57H82N2O8. The number of anilines is 2. The van der Waals surface area contributed by atoms with E-state index in [0.717, 1.165) is 100 Å². The summed E-state index contributed by atoms with van der Waals surface area (Å²) in [5, 5.41) is 22.9. The first-order valence-corrected chi connectivity index (χ1v) is 25.8. The fourth-order valence-electron chi connectivity index (χ4n) is 9.29. The number of hydrogen-bond acceptors (Lipinski definition) is 10. The molecule has 67 heavy (non-hydrogen) atoms. The lowest BCUT2D eigenvalue weighted by atomic mass is 9.83. The van der Waals surface area contributed by atoms with Crippen molar-refractivity contribution in [1.29, 1.82) is 0 Å². The number of carbonyl (C=O) groups excluding carboxylic acids is 2. The predicted molar refractivity (Wildman–Crippen MR) is 272 cm³/mol. The van der Waals surface area contributed by atoms with E-state index in [4.69, 9.17) is 30.4 Å². The summed E-state index contributed by atoms with van der Waals surface area (Å²) < 4.78 is 24.6. The molecule has 6 N–H and O–H groups in total. The van der Waals surface area contributed by atoms with Crippen molar-refractivity contribution in [2.75, 3.05) is 37.9 Å². The zero-order chi connectivity index (χ0) is 47.6. The molecule has 0 aromatic heterocycles. The maximum absolute atomic E-state index is 13.5. The summed E-state index contributed by atoms with van der Waals surface area (Å²) in [6.45, 7) is 7.52. The number of hydrogen-bond donors (Lipinski definition) is 4. The molecule has 0 radical (unpaired) electrons. The average molecular weight is 923 g/mol. The van der Waals surface area contributed by atoms with Crippen LogP contribution in [-0.4, -0.2) is 72.6 Å². The van der Waals surface area contributed by atoms with Crippen molar-refractivity contribution >= 4 is 35.1 Å². The van der Waals surface area contributed by atoms with Crippen LogP contribution < -0.4 is 20.9 Å². The van der Waals surface area contributed by atoms with Crippen LogP contribution in [0.4, 0.5) is 11.4 Å². The molecule has 0 spiro atoms. The number of ether oxygens (including phenoxy) is 4. The van der Waals surface area contributed by atoms with E-state index in [1.54, 1.807) is 18.2 Å². The molecule has 2 atom stereocenters. The maximum atomic E-state index is 13.5. The third-order valence-electron chi connectivity index (χ3n) is 13.6. The van der Waals surface area contributed by atoms with Gasteiger partial charge in [-0.15, -0.1) is 0 Å². The van der Waals surface area contributed by atoms with E-state index in [2.05, 4.69) is 13.8 Å². The molecule has 10 heteroatoms. The van der Waals surface area contributed by atoms with Gasteiger partial charge in [0.15, 0.2) is 11.6 Å². The van der Waals surface area contributed by atoms with Gasteiger partial charge in [-0.25, -0.2) is 0 Å². The van der Waals surface area contributed by atoms with E-state index in [-0.39, 0.29) is 11.3 Å². The van der Waals surface area contributed by atoms with Gasteiger partial charge < -0.3 is 40.6 Å². The number of nitrogens with two attached hydrogens (primary N) is 2. The average Bonchev–Trinajstić information content (AvgIpc) is 3.35. The molecule has 2 saturated carbocycles. The largest absolute Gasteiger partial charge is 0.493 e. The van der Waals surface area contributed by atoms with Crippen LogP contribution in [0, 0.1) is 11.8 Å². The van der Waals surface area contributed by atoms with E-state index < -0.39 is 29.7 Å². The second-order valence-electron chi connectivity index (χ2n) is 19.1. The Kier molecular flexibility index (Phi) is 24.0. The smallest absolute Gasteiger partial charge is 0.184 e. The molecule has 10 nitrogen and oxygen atoms in total. The summed E-state index contributed by atoms with van der Waals surface area (Å²) in [6, 6.07) is 19.4. The van der Waals surface area contributed by atoms with E-state index in [0.29, 0.717) is 42.9 Å². The lowest BCUT2D eigenvalue weighted by Gasteiger charge is -2.28. The minimum atomic E-state index is -1.78. The third-order valence-corrected chi connectivity index (χ3v) is 13.6. The lowest BCUT2D eigenvalue weighted by molar-refractivity contribution is -0.130. The zero-order valence-corrected chi connectivity index (χ0v) is 40.7. The molecular weight excluding hydrogens is 841 g/mol. The van der Waals surface area contributed by atoms with Crippen molar-refractivity contribution in [1.82, 2.24) is 0 Å². The van der Waals surface area contributed by atoms with Crippen molar-refractivity contribution in [3.05, 3.63) is 95.6 Å². The minimum absolute atomic E-state index is 0.151. The SMILES string of the molecule is CCCCCCCCOC1CCC(COc2ccc(/C=C/C(=O)C(O)C(c3ccc(N)cc3N)C(O)C(=O)/C=C/c3ccc(OCC4CCC(OCCCCCCCC)CC4)cc3)cc2)CC1. The van der Waals surface area contributed by atoms with Crippen LogP contribution in [-0.2, 0) is 19.1 Å². The quantitative estimate of drug-likeness (QED) is 0.0277. The molecule has 368 valence electrons. The molecule has 2 unspecified atom stereocenters. The summed E-state index contributed by atoms with van der Waals surface area (Å²) in [5.41, 5.74) is 14.4. The number of rotatable bonds is 31. The van der Waals surface area contributed by atoms with Gasteiger partial charge in [-0.2, -0.15) is 0 Å². The van der Waals surface area contributed by atoms with Crippen molar-refractivity contribution in [2.45, 2.75) is 173 Å². The number of unbranched alkanes of at least 4 members (excludes halogenated alkanes) is 10. The van der Waals surface area contributed by atoms with Gasteiger partial charge in [0, 0.05) is 24.6 Å². The van der Waals surface area contributed by atoms with Crippen molar-refractivity contribution in [2.24, 2.45) is 11.8 Å². The van der Waals surface area contributed by atoms with Crippen LogP contribution >= 0.6 is 0 Å². The Hall–Kier alpha value is -4.48. The van der Waals surface area contributed by atoms with E-state index in [9.17, 15) is 19.8 Å². The zero-order valence-electron chi connectivity index (χ0n) is 40.7. The fraction of sp³-hybridized carbons (Fsp3) is 0.579. The van der Waals surface area contributed by atoms with Crippen LogP contribution in [0.15, 0.2) is 78.9 Å². The molecule has 0 saturated heterocycles. The Balaban J connectivity index is 1.06. The van der Waals surface area contributed by atoms with Gasteiger partial charge in [-0.3, -0.25) is 9.59 Å².